The number of alkyl halides is 3. The van der Waals surface area contributed by atoms with Crippen LogP contribution in [0, 0.1) is 0 Å². The van der Waals surface area contributed by atoms with Crippen LogP contribution in [0.3, 0.4) is 0 Å². The maximum Gasteiger partial charge on any atom is 0.419 e. The van der Waals surface area contributed by atoms with E-state index in [9.17, 15) is 22.8 Å². The van der Waals surface area contributed by atoms with E-state index in [4.69, 9.17) is 21.4 Å². The quantitative estimate of drug-likeness (QED) is 0.714. The number of hydrogen-bond donors (Lipinski definition) is 1. The van der Waals surface area contributed by atoms with Crippen molar-refractivity contribution in [3.05, 3.63) is 34.2 Å². The zero-order valence-corrected chi connectivity index (χ0v) is 18.7. The van der Waals surface area contributed by atoms with Crippen LogP contribution in [0.2, 0.25) is 5.15 Å². The van der Waals surface area contributed by atoms with Crippen LogP contribution in [0.15, 0.2) is 12.3 Å². The van der Waals surface area contributed by atoms with Crippen molar-refractivity contribution in [2.75, 3.05) is 33.4 Å². The minimum Gasteiger partial charge on any atom is -0.448 e. The van der Waals surface area contributed by atoms with Crippen molar-refractivity contribution in [1.29, 1.82) is 0 Å². The summed E-state index contributed by atoms with van der Waals surface area (Å²) in [4.78, 5) is 32.0. The van der Waals surface area contributed by atoms with E-state index in [2.05, 4.69) is 4.98 Å². The molecule has 1 N–H and O–H groups in total. The van der Waals surface area contributed by atoms with E-state index in [1.807, 2.05) is 0 Å². The summed E-state index contributed by atoms with van der Waals surface area (Å²) in [6, 6.07) is 1.10. The highest BCUT2D eigenvalue weighted by atomic mass is 35.5. The lowest BCUT2D eigenvalue weighted by Crippen LogP contribution is -2.47. The average molecular weight is 489 g/mol. The molecule has 2 aromatic rings. The Morgan fingerprint density at radius 3 is 2.39 bits per heavy atom. The number of aliphatic hydroxyl groups excluding tert-OH is 1. The minimum absolute atomic E-state index is 0.0199. The second kappa shape index (κ2) is 9.02. The number of cyclic esters (lactones) is 1. The van der Waals surface area contributed by atoms with Gasteiger partial charge in [-0.05, 0) is 43.2 Å². The monoisotopic (exact) mass is 488 g/mol. The molecular weight excluding hydrogens is 465 g/mol. The molecule has 0 unspecified atom stereocenters. The molecule has 3 fully saturated rings. The number of hydrogen-bond acceptors (Lipinski definition) is 5. The molecule has 1 aliphatic carbocycles. The number of pyridine rings is 1. The topological polar surface area (TPSA) is 87.4 Å². The third-order valence-electron chi connectivity index (χ3n) is 6.22. The summed E-state index contributed by atoms with van der Waals surface area (Å²) in [5, 5.41) is 6.89. The summed E-state index contributed by atoms with van der Waals surface area (Å²) in [5.74, 6) is -0.420. The van der Waals surface area contributed by atoms with Gasteiger partial charge >= 0.3 is 12.3 Å². The van der Waals surface area contributed by atoms with Crippen LogP contribution in [0.5, 0.6) is 0 Å². The van der Waals surface area contributed by atoms with Crippen LogP contribution < -0.4 is 0 Å². The molecule has 0 radical (unpaired) electrons. The number of nitrogens with zero attached hydrogens (tertiary/aromatic N) is 4. The lowest BCUT2D eigenvalue weighted by molar-refractivity contribution is -0.136. The third-order valence-corrected chi connectivity index (χ3v) is 6.59. The average Bonchev–Trinajstić information content (AvgIpc) is 3.49. The molecule has 0 aromatic carbocycles. The fourth-order valence-electron chi connectivity index (χ4n) is 4.39. The lowest BCUT2D eigenvalue weighted by Gasteiger charge is -2.35. The Labute approximate surface area is 192 Å². The van der Waals surface area contributed by atoms with E-state index in [1.54, 1.807) is 11.1 Å². The molecule has 0 bridgehead atoms. The van der Waals surface area contributed by atoms with Gasteiger partial charge in [0.05, 0.1) is 12.1 Å². The summed E-state index contributed by atoms with van der Waals surface area (Å²) < 4.78 is 47.1. The van der Waals surface area contributed by atoms with Crippen molar-refractivity contribution in [2.45, 2.75) is 43.8 Å². The molecule has 12 heteroatoms. The normalized spacial score (nSPS) is 19.5. The van der Waals surface area contributed by atoms with E-state index in [0.717, 1.165) is 26.0 Å². The Hall–Kier alpha value is -2.53. The third kappa shape index (κ3) is 4.48. The molecule has 180 valence electrons. The second-order valence-corrected chi connectivity index (χ2v) is 8.59. The Bertz CT molecular complexity index is 1060. The van der Waals surface area contributed by atoms with Gasteiger partial charge < -0.3 is 19.6 Å². The number of carbonyl (C=O) groups is 2. The number of fused-ring (bicyclic) bond motifs is 1. The van der Waals surface area contributed by atoms with Crippen molar-refractivity contribution >= 4 is 29.2 Å². The first kappa shape index (κ1) is 23.6. The molecular formula is C21H24ClF3N4O4. The molecule has 5 rings (SSSR count). The maximum atomic E-state index is 13.7. The van der Waals surface area contributed by atoms with Crippen molar-refractivity contribution in [1.82, 2.24) is 19.2 Å². The zero-order valence-electron chi connectivity index (χ0n) is 17.9. The highest BCUT2D eigenvalue weighted by Crippen LogP contribution is 2.43. The van der Waals surface area contributed by atoms with Crippen LogP contribution in [-0.2, 0) is 10.9 Å². The highest BCUT2D eigenvalue weighted by molar-refractivity contribution is 6.33. The molecule has 33 heavy (non-hydrogen) atoms. The first-order valence-electron chi connectivity index (χ1n) is 10.7. The predicted octanol–water partition coefficient (Wildman–Crippen LogP) is 3.55. The largest absolute Gasteiger partial charge is 0.448 e. The van der Waals surface area contributed by atoms with Gasteiger partial charge in [-0.3, -0.25) is 9.20 Å². The van der Waals surface area contributed by atoms with Crippen LogP contribution in [-0.4, -0.2) is 75.7 Å². The molecule has 2 amide bonds. The molecule has 0 atom stereocenters. The first-order chi connectivity index (χ1) is 15.7. The van der Waals surface area contributed by atoms with E-state index in [0.29, 0.717) is 44.6 Å². The van der Waals surface area contributed by atoms with Crippen LogP contribution in [0.1, 0.15) is 53.2 Å². The molecule has 2 aromatic heterocycles. The van der Waals surface area contributed by atoms with Crippen LogP contribution in [0.25, 0.3) is 5.65 Å². The Morgan fingerprint density at radius 1 is 1.18 bits per heavy atom. The number of aliphatic hydroxyl groups is 1. The van der Waals surface area contributed by atoms with Gasteiger partial charge in [-0.2, -0.15) is 13.2 Å². The number of likely N-dealkylation sites (tertiary alicyclic amines) is 1. The number of imidazole rings is 1. The molecule has 2 saturated heterocycles. The number of aromatic nitrogens is 2. The van der Waals surface area contributed by atoms with E-state index >= 15 is 0 Å². The molecule has 1 saturated carbocycles. The molecule has 0 spiro atoms. The number of ether oxygens (including phenoxy) is 1. The fourth-order valence-corrected chi connectivity index (χ4v) is 4.64. The lowest BCUT2D eigenvalue weighted by atomic mass is 10.0. The van der Waals surface area contributed by atoms with Gasteiger partial charge in [0, 0.05) is 32.4 Å². The van der Waals surface area contributed by atoms with Gasteiger partial charge in [-0.15, -0.1) is 0 Å². The van der Waals surface area contributed by atoms with Crippen molar-refractivity contribution in [3.8, 4) is 0 Å². The number of piperidine rings is 1. The first-order valence-corrected chi connectivity index (χ1v) is 11.1. The smallest absolute Gasteiger partial charge is 0.419 e. The summed E-state index contributed by atoms with van der Waals surface area (Å²) in [5.41, 5.74) is -0.875. The van der Waals surface area contributed by atoms with Gasteiger partial charge in [0.25, 0.3) is 5.91 Å². The number of rotatable bonds is 3. The van der Waals surface area contributed by atoms with Gasteiger partial charge in [0.15, 0.2) is 11.3 Å². The maximum absolute atomic E-state index is 13.7. The summed E-state index contributed by atoms with van der Waals surface area (Å²) in [6.07, 6.45) is -0.611. The minimum atomic E-state index is -4.61. The van der Waals surface area contributed by atoms with E-state index in [-0.39, 0.29) is 34.5 Å². The van der Waals surface area contributed by atoms with Crippen molar-refractivity contribution in [3.63, 3.8) is 0 Å². The van der Waals surface area contributed by atoms with E-state index in [1.165, 1.54) is 9.30 Å². The second-order valence-electron chi connectivity index (χ2n) is 8.24. The standard InChI is InChI=1S/C20H20ClF3N4O3.CH4O/c21-16-15(18(29)26-5-3-13(4-6-26)27-7-8-31-19(27)30)25-17-14(20(22,23)24)9-12(10-28(16)17)11-1-2-11;1-2/h9-11,13H,1-8H2;2H,1H3. The molecule has 2 aliphatic heterocycles. The van der Waals surface area contributed by atoms with Gasteiger partial charge in [0.2, 0.25) is 0 Å². The highest BCUT2D eigenvalue weighted by Gasteiger charge is 2.39. The van der Waals surface area contributed by atoms with Crippen LogP contribution in [0.4, 0.5) is 18.0 Å². The Kier molecular flexibility index (Phi) is 6.45. The molecule has 4 heterocycles. The number of amides is 2. The molecule has 3 aliphatic rings. The van der Waals surface area contributed by atoms with Crippen molar-refractivity contribution < 1.29 is 32.6 Å². The number of carbonyl (C=O) groups excluding carboxylic acids is 2. The number of halogens is 4. The van der Waals surface area contributed by atoms with Crippen molar-refractivity contribution in [2.24, 2.45) is 0 Å². The summed E-state index contributed by atoms with van der Waals surface area (Å²) in [6.45, 7) is 1.60. The van der Waals surface area contributed by atoms with E-state index < -0.39 is 17.6 Å². The SMILES string of the molecule is CO.O=C(c1nc2c(C(F)(F)F)cc(C3CC3)cn2c1Cl)N1CCC(N2CCOC2=O)CC1. The Morgan fingerprint density at radius 2 is 1.85 bits per heavy atom. The Balaban J connectivity index is 0.00000126. The summed E-state index contributed by atoms with van der Waals surface area (Å²) >= 11 is 6.36. The zero-order chi connectivity index (χ0) is 23.9. The predicted molar refractivity (Wildman–Crippen MR) is 112 cm³/mol. The van der Waals surface area contributed by atoms with Gasteiger partial charge in [-0.1, -0.05) is 11.6 Å². The van der Waals surface area contributed by atoms with Gasteiger partial charge in [0.1, 0.15) is 11.8 Å². The molecule has 8 nitrogen and oxygen atoms in total. The summed E-state index contributed by atoms with van der Waals surface area (Å²) in [7, 11) is 1.00. The van der Waals surface area contributed by atoms with Crippen LogP contribution >= 0.6 is 11.6 Å². The fraction of sp³-hybridized carbons (Fsp3) is 0.571. The van der Waals surface area contributed by atoms with Gasteiger partial charge in [-0.25, -0.2) is 9.78 Å².